The normalized spacial score (nSPS) is 11.4. The monoisotopic (exact) mass is 252 g/mol. The average molecular weight is 252 g/mol. The maximum Gasteiger partial charge on any atom is 0.348 e. The molecule has 0 amide bonds. The molecule has 1 N–H and O–H groups in total. The van der Waals surface area contributed by atoms with Crippen LogP contribution in [0.5, 0.6) is 0 Å². The van der Waals surface area contributed by atoms with E-state index in [1.54, 1.807) is 18.4 Å². The van der Waals surface area contributed by atoms with Crippen LogP contribution in [0.4, 0.5) is 0 Å². The smallest absolute Gasteiger partial charge is 0.348 e. The van der Waals surface area contributed by atoms with E-state index >= 15 is 0 Å². The zero-order valence-corrected chi connectivity index (χ0v) is 9.70. The minimum Gasteiger partial charge on any atom is -0.461 e. The first-order valence-corrected chi connectivity index (χ1v) is 5.74. The molecule has 0 aliphatic heterocycles. The van der Waals surface area contributed by atoms with Gasteiger partial charge < -0.3 is 9.40 Å². The van der Waals surface area contributed by atoms with Crippen LogP contribution in [-0.4, -0.2) is 19.6 Å². The molecular formula is C13H8N4O2. The molecule has 92 valence electrons. The summed E-state index contributed by atoms with van der Waals surface area (Å²) in [5.41, 5.74) is 0.933. The second kappa shape index (κ2) is 3.55. The fourth-order valence-corrected chi connectivity index (χ4v) is 2.09. The third-order valence-corrected chi connectivity index (χ3v) is 2.95. The Morgan fingerprint density at radius 2 is 2.05 bits per heavy atom. The highest BCUT2D eigenvalue weighted by Gasteiger charge is 2.13. The van der Waals surface area contributed by atoms with Crippen molar-refractivity contribution < 1.29 is 4.42 Å². The summed E-state index contributed by atoms with van der Waals surface area (Å²) in [5, 5.41) is 5.01. The van der Waals surface area contributed by atoms with Crippen molar-refractivity contribution in [2.45, 2.75) is 0 Å². The van der Waals surface area contributed by atoms with Crippen LogP contribution in [0.1, 0.15) is 0 Å². The largest absolute Gasteiger partial charge is 0.461 e. The number of aromatic amines is 1. The van der Waals surface area contributed by atoms with Crippen LogP contribution in [0.15, 0.2) is 51.9 Å². The zero-order valence-electron chi connectivity index (χ0n) is 9.70. The molecule has 0 spiro atoms. The van der Waals surface area contributed by atoms with Crippen molar-refractivity contribution in [3.63, 3.8) is 0 Å². The van der Waals surface area contributed by atoms with E-state index in [4.69, 9.17) is 4.42 Å². The maximum atomic E-state index is 11.9. The van der Waals surface area contributed by atoms with Crippen LogP contribution in [-0.2, 0) is 0 Å². The van der Waals surface area contributed by atoms with E-state index in [9.17, 15) is 4.79 Å². The Hall–Kier alpha value is -2.89. The van der Waals surface area contributed by atoms with Gasteiger partial charge in [0.2, 0.25) is 5.82 Å². The molecule has 6 heteroatoms. The first kappa shape index (κ1) is 10.1. The molecule has 19 heavy (non-hydrogen) atoms. The molecule has 0 bridgehead atoms. The lowest BCUT2D eigenvalue weighted by atomic mass is 10.2. The van der Waals surface area contributed by atoms with Crippen LogP contribution < -0.4 is 5.69 Å². The number of nitrogens with zero attached hydrogens (tertiary/aromatic N) is 3. The Bertz CT molecular complexity index is 934. The number of H-pyrrole nitrogens is 1. The van der Waals surface area contributed by atoms with Gasteiger partial charge in [0.15, 0.2) is 11.4 Å². The van der Waals surface area contributed by atoms with Crippen molar-refractivity contribution in [2.24, 2.45) is 0 Å². The first-order chi connectivity index (χ1) is 9.33. The van der Waals surface area contributed by atoms with Crippen molar-refractivity contribution in [1.29, 1.82) is 0 Å². The van der Waals surface area contributed by atoms with Crippen molar-refractivity contribution in [1.82, 2.24) is 19.6 Å². The van der Waals surface area contributed by atoms with E-state index in [-0.39, 0.29) is 5.69 Å². The molecule has 0 aliphatic carbocycles. The van der Waals surface area contributed by atoms with Crippen molar-refractivity contribution in [3.8, 4) is 11.6 Å². The fraction of sp³-hybridized carbons (Fsp3) is 0. The summed E-state index contributed by atoms with van der Waals surface area (Å²) in [6.45, 7) is 0. The predicted octanol–water partition coefficient (Wildman–Crippen LogP) is 1.83. The van der Waals surface area contributed by atoms with Crippen LogP contribution in [0.3, 0.4) is 0 Å². The molecule has 0 fully saturated rings. The number of aromatic nitrogens is 4. The van der Waals surface area contributed by atoms with E-state index in [0.717, 1.165) is 10.9 Å². The van der Waals surface area contributed by atoms with E-state index in [0.29, 0.717) is 17.2 Å². The molecule has 0 radical (unpaired) electrons. The van der Waals surface area contributed by atoms with Crippen LogP contribution >= 0.6 is 0 Å². The molecule has 3 heterocycles. The molecule has 0 unspecified atom stereocenters. The van der Waals surface area contributed by atoms with Gasteiger partial charge in [-0.2, -0.15) is 4.52 Å². The quantitative estimate of drug-likeness (QED) is 0.560. The Labute approximate surface area is 106 Å². The Balaban J connectivity index is 2.16. The van der Waals surface area contributed by atoms with Gasteiger partial charge in [-0.05, 0) is 24.3 Å². The summed E-state index contributed by atoms with van der Waals surface area (Å²) < 4.78 is 6.50. The highest BCUT2D eigenvalue weighted by Crippen LogP contribution is 2.19. The lowest BCUT2D eigenvalue weighted by Crippen LogP contribution is -2.17. The molecule has 0 atom stereocenters. The molecule has 6 nitrogen and oxygen atoms in total. The number of rotatable bonds is 1. The van der Waals surface area contributed by atoms with Gasteiger partial charge in [0, 0.05) is 5.39 Å². The molecule has 0 aliphatic rings. The number of nitrogens with one attached hydrogen (secondary N) is 1. The molecule has 3 aromatic heterocycles. The van der Waals surface area contributed by atoms with Gasteiger partial charge in [0.05, 0.1) is 11.8 Å². The van der Waals surface area contributed by atoms with Crippen LogP contribution in [0, 0.1) is 0 Å². The van der Waals surface area contributed by atoms with Gasteiger partial charge in [-0.1, -0.05) is 12.1 Å². The summed E-state index contributed by atoms with van der Waals surface area (Å²) in [7, 11) is 0. The second-order valence-electron chi connectivity index (χ2n) is 4.12. The Morgan fingerprint density at radius 3 is 2.89 bits per heavy atom. The Kier molecular flexibility index (Phi) is 1.88. The fourth-order valence-electron chi connectivity index (χ4n) is 2.09. The van der Waals surface area contributed by atoms with E-state index in [2.05, 4.69) is 15.1 Å². The first-order valence-electron chi connectivity index (χ1n) is 5.74. The number of fused-ring (bicyclic) bond motifs is 3. The molecule has 4 rings (SSSR count). The summed E-state index contributed by atoms with van der Waals surface area (Å²) in [6.07, 6.45) is 1.55. The van der Waals surface area contributed by atoms with Gasteiger partial charge in [-0.25, -0.2) is 9.78 Å². The molecular weight excluding hydrogens is 244 g/mol. The number of benzene rings is 1. The number of hydrogen-bond donors (Lipinski definition) is 1. The highest BCUT2D eigenvalue weighted by molar-refractivity contribution is 5.91. The van der Waals surface area contributed by atoms with Crippen LogP contribution in [0.25, 0.3) is 28.1 Å². The summed E-state index contributed by atoms with van der Waals surface area (Å²) in [5.74, 6) is 0.930. The number of hydrogen-bond acceptors (Lipinski definition) is 4. The summed E-state index contributed by atoms with van der Waals surface area (Å²) in [6, 6.07) is 11.0. The number of para-hydroxylation sites is 1. The maximum absolute atomic E-state index is 11.9. The van der Waals surface area contributed by atoms with E-state index in [1.807, 2.05) is 24.3 Å². The Morgan fingerprint density at radius 1 is 1.16 bits per heavy atom. The van der Waals surface area contributed by atoms with Crippen molar-refractivity contribution >= 4 is 16.6 Å². The molecule has 4 aromatic rings. The zero-order chi connectivity index (χ0) is 12.8. The lowest BCUT2D eigenvalue weighted by Gasteiger charge is -1.97. The average Bonchev–Trinajstić information content (AvgIpc) is 3.08. The second-order valence-corrected chi connectivity index (χ2v) is 4.12. The van der Waals surface area contributed by atoms with Gasteiger partial charge in [-0.3, -0.25) is 0 Å². The van der Waals surface area contributed by atoms with Gasteiger partial charge in [0.25, 0.3) is 0 Å². The van der Waals surface area contributed by atoms with E-state index in [1.165, 1.54) is 4.52 Å². The van der Waals surface area contributed by atoms with Gasteiger partial charge in [0.1, 0.15) is 0 Å². The lowest BCUT2D eigenvalue weighted by molar-refractivity contribution is 0.577. The van der Waals surface area contributed by atoms with E-state index < -0.39 is 0 Å². The molecule has 0 saturated carbocycles. The minimum absolute atomic E-state index is 0.320. The standard InChI is InChI=1S/C13H8N4O2/c18-13-14-9-5-2-1-4-8(9)12-15-11(16-17(12)13)10-6-3-7-19-10/h1-7H,(H,14,18). The van der Waals surface area contributed by atoms with Crippen molar-refractivity contribution in [3.05, 3.63) is 53.1 Å². The third kappa shape index (κ3) is 1.40. The molecule has 1 aromatic carbocycles. The summed E-state index contributed by atoms with van der Waals surface area (Å²) >= 11 is 0. The SMILES string of the molecule is O=c1[nH]c2ccccc2c2nc(-c3ccco3)nn12. The van der Waals surface area contributed by atoms with Crippen molar-refractivity contribution in [2.75, 3.05) is 0 Å². The van der Waals surface area contributed by atoms with Gasteiger partial charge in [-0.15, -0.1) is 5.10 Å². The highest BCUT2D eigenvalue weighted by atomic mass is 16.3. The topological polar surface area (TPSA) is 76.2 Å². The molecule has 0 saturated heterocycles. The van der Waals surface area contributed by atoms with Crippen LogP contribution in [0.2, 0.25) is 0 Å². The summed E-state index contributed by atoms with van der Waals surface area (Å²) in [4.78, 5) is 19.1. The number of furan rings is 1. The minimum atomic E-state index is -0.320. The third-order valence-electron chi connectivity index (χ3n) is 2.95. The predicted molar refractivity (Wildman–Crippen MR) is 68.8 cm³/mol. The van der Waals surface area contributed by atoms with Gasteiger partial charge >= 0.3 is 5.69 Å².